The lowest BCUT2D eigenvalue weighted by molar-refractivity contribution is -0.383. The van der Waals surface area contributed by atoms with Crippen molar-refractivity contribution in [2.75, 3.05) is 6.61 Å². The van der Waals surface area contributed by atoms with Gasteiger partial charge in [-0.25, -0.2) is 0 Å². The second-order valence-electron chi connectivity index (χ2n) is 8.86. The van der Waals surface area contributed by atoms with Gasteiger partial charge in [-0.1, -0.05) is 6.92 Å². The molecule has 1 rings (SSSR count). The second-order valence-corrected chi connectivity index (χ2v) is 8.86. The van der Waals surface area contributed by atoms with Crippen molar-refractivity contribution in [1.82, 2.24) is 0 Å². The molecule has 0 bridgehead atoms. The second kappa shape index (κ2) is 8.61. The van der Waals surface area contributed by atoms with E-state index in [1.807, 2.05) is 6.92 Å². The van der Waals surface area contributed by atoms with Gasteiger partial charge in [-0.2, -0.15) is 26.3 Å². The zero-order chi connectivity index (χ0) is 22.9. The molecule has 1 N–H and O–H groups in total. The standard InChI is InChI=1S/C19H30F6O4/c1-6-15(2,3)14(26)29-13-9-7-12(8-10-13)16(4,5)28-11-17(27,18(20,21)22)19(23,24)25/h12-13,27H,6-11H2,1-5H3. The van der Waals surface area contributed by atoms with Gasteiger partial charge in [0.25, 0.3) is 5.60 Å². The van der Waals surface area contributed by atoms with Gasteiger partial charge in [0, 0.05) is 0 Å². The summed E-state index contributed by atoms with van der Waals surface area (Å²) in [6.45, 7) is 6.25. The van der Waals surface area contributed by atoms with Crippen molar-refractivity contribution >= 4 is 5.97 Å². The largest absolute Gasteiger partial charge is 0.462 e. The number of aliphatic hydroxyl groups is 1. The van der Waals surface area contributed by atoms with E-state index in [-0.39, 0.29) is 18.0 Å². The van der Waals surface area contributed by atoms with Gasteiger partial charge in [0.05, 0.1) is 17.6 Å². The molecule has 1 aliphatic carbocycles. The molecule has 0 atom stereocenters. The van der Waals surface area contributed by atoms with E-state index < -0.39 is 35.6 Å². The maximum Gasteiger partial charge on any atom is 0.428 e. The molecule has 10 heteroatoms. The normalized spacial score (nSPS) is 22.5. The number of hydrogen-bond acceptors (Lipinski definition) is 4. The highest BCUT2D eigenvalue weighted by atomic mass is 19.4. The van der Waals surface area contributed by atoms with Crippen molar-refractivity contribution in [2.45, 2.75) is 96.4 Å². The number of hydrogen-bond donors (Lipinski definition) is 1. The van der Waals surface area contributed by atoms with Crippen molar-refractivity contribution in [3.05, 3.63) is 0 Å². The Morgan fingerprint density at radius 2 is 1.38 bits per heavy atom. The Kier molecular flexibility index (Phi) is 7.72. The first-order chi connectivity index (χ1) is 12.9. The Balaban J connectivity index is 2.71. The van der Waals surface area contributed by atoms with Crippen LogP contribution in [0, 0.1) is 11.3 Å². The van der Waals surface area contributed by atoms with E-state index in [9.17, 15) is 36.2 Å². The summed E-state index contributed by atoms with van der Waals surface area (Å²) in [7, 11) is 0. The van der Waals surface area contributed by atoms with Crippen molar-refractivity contribution in [2.24, 2.45) is 11.3 Å². The minimum absolute atomic E-state index is 0.334. The van der Waals surface area contributed by atoms with Crippen molar-refractivity contribution in [3.8, 4) is 0 Å². The highest BCUT2D eigenvalue weighted by Gasteiger charge is 2.71. The lowest BCUT2D eigenvalue weighted by atomic mass is 9.77. The number of halogens is 6. The fourth-order valence-corrected chi connectivity index (χ4v) is 3.06. The minimum atomic E-state index is -5.92. The van der Waals surface area contributed by atoms with E-state index in [0.717, 1.165) is 0 Å². The van der Waals surface area contributed by atoms with Crippen LogP contribution in [0.2, 0.25) is 0 Å². The number of rotatable bonds is 7. The van der Waals surface area contributed by atoms with Crippen LogP contribution < -0.4 is 0 Å². The molecular weight excluding hydrogens is 406 g/mol. The Hall–Kier alpha value is -1.03. The molecule has 0 heterocycles. The van der Waals surface area contributed by atoms with E-state index in [1.54, 1.807) is 13.8 Å². The summed E-state index contributed by atoms with van der Waals surface area (Å²) in [5.41, 5.74) is -6.89. The summed E-state index contributed by atoms with van der Waals surface area (Å²) in [4.78, 5) is 12.2. The number of carbonyl (C=O) groups is 1. The zero-order valence-electron chi connectivity index (χ0n) is 17.3. The molecule has 0 aromatic rings. The average Bonchev–Trinajstić information content (AvgIpc) is 2.58. The van der Waals surface area contributed by atoms with Crippen LogP contribution in [0.3, 0.4) is 0 Å². The van der Waals surface area contributed by atoms with Crippen molar-refractivity contribution < 1.29 is 45.7 Å². The zero-order valence-corrected chi connectivity index (χ0v) is 17.3. The van der Waals surface area contributed by atoms with E-state index in [2.05, 4.69) is 0 Å². The van der Waals surface area contributed by atoms with Crippen LogP contribution in [0.1, 0.15) is 66.7 Å². The van der Waals surface area contributed by atoms with Gasteiger partial charge in [-0.05, 0) is 65.7 Å². The van der Waals surface area contributed by atoms with E-state index >= 15 is 0 Å². The fourth-order valence-electron chi connectivity index (χ4n) is 3.06. The topological polar surface area (TPSA) is 55.8 Å². The Morgan fingerprint density at radius 3 is 1.76 bits per heavy atom. The fraction of sp³-hybridized carbons (Fsp3) is 0.947. The van der Waals surface area contributed by atoms with Crippen LogP contribution in [-0.2, 0) is 14.3 Å². The maximum absolute atomic E-state index is 12.8. The van der Waals surface area contributed by atoms with Gasteiger partial charge >= 0.3 is 18.3 Å². The lowest BCUT2D eigenvalue weighted by Gasteiger charge is -2.41. The van der Waals surface area contributed by atoms with Gasteiger partial charge in [0.2, 0.25) is 0 Å². The van der Waals surface area contributed by atoms with Crippen molar-refractivity contribution in [3.63, 3.8) is 0 Å². The van der Waals surface area contributed by atoms with Crippen LogP contribution in [0.5, 0.6) is 0 Å². The van der Waals surface area contributed by atoms with Crippen LogP contribution in [0.15, 0.2) is 0 Å². The van der Waals surface area contributed by atoms with Crippen molar-refractivity contribution in [1.29, 1.82) is 0 Å². The van der Waals surface area contributed by atoms with Gasteiger partial charge < -0.3 is 14.6 Å². The molecule has 0 amide bonds. The van der Waals surface area contributed by atoms with Crippen LogP contribution >= 0.6 is 0 Å². The third-order valence-electron chi connectivity index (χ3n) is 5.96. The molecule has 0 aliphatic heterocycles. The first kappa shape index (κ1) is 26.0. The molecule has 0 radical (unpaired) electrons. The van der Waals surface area contributed by atoms with Crippen LogP contribution in [0.25, 0.3) is 0 Å². The molecule has 0 aromatic heterocycles. The number of alkyl halides is 6. The molecule has 4 nitrogen and oxygen atoms in total. The summed E-state index contributed by atoms with van der Waals surface area (Å²) in [5.74, 6) is -0.679. The predicted molar refractivity (Wildman–Crippen MR) is 93.0 cm³/mol. The van der Waals surface area contributed by atoms with E-state index in [4.69, 9.17) is 9.47 Å². The smallest absolute Gasteiger partial charge is 0.428 e. The summed E-state index contributed by atoms with van der Waals surface area (Å²) in [5, 5.41) is 9.25. The summed E-state index contributed by atoms with van der Waals surface area (Å²) in [6, 6.07) is 0. The third-order valence-corrected chi connectivity index (χ3v) is 5.96. The van der Waals surface area contributed by atoms with Gasteiger partial charge in [-0.15, -0.1) is 0 Å². The highest BCUT2D eigenvalue weighted by molar-refractivity contribution is 5.75. The summed E-state index contributed by atoms with van der Waals surface area (Å²) in [6.07, 6.45) is -9.88. The van der Waals surface area contributed by atoms with Gasteiger partial charge in [0.1, 0.15) is 6.10 Å². The molecule has 0 unspecified atom stereocenters. The molecule has 172 valence electrons. The molecule has 1 aliphatic rings. The third kappa shape index (κ3) is 5.99. The molecule has 29 heavy (non-hydrogen) atoms. The molecule has 1 saturated carbocycles. The quantitative estimate of drug-likeness (QED) is 0.442. The summed E-state index contributed by atoms with van der Waals surface area (Å²) >= 11 is 0. The Labute approximate surface area is 166 Å². The highest BCUT2D eigenvalue weighted by Crippen LogP contribution is 2.45. The first-order valence-electron chi connectivity index (χ1n) is 9.58. The molecule has 0 spiro atoms. The van der Waals surface area contributed by atoms with Gasteiger partial charge in [-0.3, -0.25) is 4.79 Å². The predicted octanol–water partition coefficient (Wildman–Crippen LogP) is 5.18. The summed E-state index contributed by atoms with van der Waals surface area (Å²) < 4.78 is 87.4. The first-order valence-corrected chi connectivity index (χ1v) is 9.58. The maximum atomic E-state index is 12.8. The monoisotopic (exact) mass is 436 g/mol. The van der Waals surface area contributed by atoms with Crippen LogP contribution in [0.4, 0.5) is 26.3 Å². The van der Waals surface area contributed by atoms with Gasteiger partial charge in [0.15, 0.2) is 0 Å². The average molecular weight is 436 g/mol. The molecular formula is C19H30F6O4. The molecule has 1 fully saturated rings. The van der Waals surface area contributed by atoms with E-state index in [1.165, 1.54) is 13.8 Å². The molecule has 0 saturated heterocycles. The molecule has 0 aromatic carbocycles. The van der Waals surface area contributed by atoms with E-state index in [0.29, 0.717) is 32.1 Å². The number of ether oxygens (including phenoxy) is 2. The minimum Gasteiger partial charge on any atom is -0.462 e. The number of carbonyl (C=O) groups excluding carboxylic acids is 1. The lowest BCUT2D eigenvalue weighted by Crippen LogP contribution is -2.61. The van der Waals surface area contributed by atoms with Crippen LogP contribution in [-0.4, -0.2) is 47.3 Å². The Morgan fingerprint density at radius 1 is 0.931 bits per heavy atom. The SMILES string of the molecule is CCC(C)(C)C(=O)OC1CCC(C(C)(C)OCC(O)(C(F)(F)F)C(F)(F)F)CC1. The Bertz CT molecular complexity index is 546. The number of esters is 1.